The molecule has 0 fully saturated rings. The van der Waals surface area contributed by atoms with E-state index in [1.807, 2.05) is 0 Å². The lowest BCUT2D eigenvalue weighted by Gasteiger charge is -2.03. The van der Waals surface area contributed by atoms with Gasteiger partial charge in [0.05, 0.1) is 16.7 Å². The molecule has 0 saturated heterocycles. The summed E-state index contributed by atoms with van der Waals surface area (Å²) in [4.78, 5) is 21.5. The number of carbonyl (C=O) groups is 1. The van der Waals surface area contributed by atoms with Crippen LogP contribution in [0.5, 0.6) is 0 Å². The second-order valence-electron chi connectivity index (χ2n) is 3.29. The topological polar surface area (TPSA) is 98.3 Å². The number of nitrogens with zero attached hydrogens (tertiary/aromatic N) is 2. The molecule has 18 heavy (non-hydrogen) atoms. The van der Waals surface area contributed by atoms with Crippen LogP contribution in [0.15, 0.2) is 35.2 Å². The molecule has 0 saturated carbocycles. The van der Waals surface area contributed by atoms with Gasteiger partial charge in [0.15, 0.2) is 0 Å². The Balaban J connectivity index is 2.29. The maximum Gasteiger partial charge on any atom is 0.270 e. The molecule has 0 aliphatic carbocycles. The van der Waals surface area contributed by atoms with E-state index in [4.69, 9.17) is 0 Å². The smallest absolute Gasteiger partial charge is 0.270 e. The number of amides is 1. The molecule has 0 atom stereocenters. The number of non-ortho nitro benzene ring substituents is 1. The first-order valence-electron chi connectivity index (χ1n) is 4.72. The molecule has 0 unspecified atom stereocenters. The molecular weight excluding hydrogens is 245 g/mol. The van der Waals surface area contributed by atoms with Crippen LogP contribution in [0.1, 0.15) is 10.4 Å². The number of nitrogens with one attached hydrogen (secondary N) is 1. The molecule has 0 radical (unpaired) electrons. The zero-order valence-electron chi connectivity index (χ0n) is 8.79. The van der Waals surface area contributed by atoms with Crippen LogP contribution in [-0.4, -0.2) is 16.0 Å². The van der Waals surface area contributed by atoms with Crippen LogP contribution in [0, 0.1) is 15.9 Å². The van der Waals surface area contributed by atoms with Gasteiger partial charge >= 0.3 is 0 Å². The van der Waals surface area contributed by atoms with Crippen molar-refractivity contribution in [3.05, 3.63) is 52.2 Å². The average molecular weight is 251 g/mol. The van der Waals surface area contributed by atoms with Crippen molar-refractivity contribution in [1.29, 1.82) is 0 Å². The number of nitro benzene ring substituents is 1. The number of anilines is 1. The predicted molar refractivity (Wildman–Crippen MR) is 57.5 cm³/mol. The van der Waals surface area contributed by atoms with Gasteiger partial charge < -0.3 is 9.84 Å². The molecule has 1 aromatic heterocycles. The van der Waals surface area contributed by atoms with Crippen molar-refractivity contribution in [2.45, 2.75) is 0 Å². The van der Waals surface area contributed by atoms with E-state index >= 15 is 0 Å². The minimum absolute atomic E-state index is 0.228. The molecule has 92 valence electrons. The van der Waals surface area contributed by atoms with Crippen LogP contribution in [0.25, 0.3) is 0 Å². The van der Waals surface area contributed by atoms with Gasteiger partial charge in [-0.15, -0.1) is 0 Å². The lowest BCUT2D eigenvalue weighted by molar-refractivity contribution is -0.384. The summed E-state index contributed by atoms with van der Waals surface area (Å²) in [5.41, 5.74) is -0.567. The second kappa shape index (κ2) is 4.62. The van der Waals surface area contributed by atoms with E-state index in [1.54, 1.807) is 0 Å². The number of benzene rings is 1. The number of halogens is 1. The summed E-state index contributed by atoms with van der Waals surface area (Å²) >= 11 is 0. The SMILES string of the molecule is O=C(Nc1cnoc1)c1cc([N+](=O)[O-])ccc1F. The molecule has 0 spiro atoms. The van der Waals surface area contributed by atoms with Crippen LogP contribution in [0.3, 0.4) is 0 Å². The molecule has 1 amide bonds. The lowest BCUT2D eigenvalue weighted by Crippen LogP contribution is -2.13. The third-order valence-electron chi connectivity index (χ3n) is 2.10. The van der Waals surface area contributed by atoms with E-state index in [0.29, 0.717) is 0 Å². The average Bonchev–Trinajstić information content (AvgIpc) is 2.81. The summed E-state index contributed by atoms with van der Waals surface area (Å²) in [7, 11) is 0. The Bertz CT molecular complexity index is 597. The molecule has 2 rings (SSSR count). The molecular formula is C10H6FN3O4. The monoisotopic (exact) mass is 251 g/mol. The van der Waals surface area contributed by atoms with Gasteiger partial charge in [-0.2, -0.15) is 0 Å². The van der Waals surface area contributed by atoms with Crippen LogP contribution >= 0.6 is 0 Å². The number of hydrogen-bond donors (Lipinski definition) is 1. The summed E-state index contributed by atoms with van der Waals surface area (Å²) in [6.45, 7) is 0. The van der Waals surface area contributed by atoms with Crippen molar-refractivity contribution in [3.8, 4) is 0 Å². The molecule has 0 aliphatic heterocycles. The number of nitro groups is 1. The minimum atomic E-state index is -0.852. The van der Waals surface area contributed by atoms with E-state index in [2.05, 4.69) is 15.0 Å². The number of rotatable bonds is 3. The molecule has 1 heterocycles. The van der Waals surface area contributed by atoms with E-state index in [0.717, 1.165) is 24.5 Å². The summed E-state index contributed by atoms with van der Waals surface area (Å²) in [5.74, 6) is -1.67. The highest BCUT2D eigenvalue weighted by Gasteiger charge is 2.17. The van der Waals surface area contributed by atoms with Crippen molar-refractivity contribution in [3.63, 3.8) is 0 Å². The fourth-order valence-corrected chi connectivity index (χ4v) is 1.27. The van der Waals surface area contributed by atoms with E-state index in [-0.39, 0.29) is 11.4 Å². The molecule has 0 bridgehead atoms. The first-order valence-corrected chi connectivity index (χ1v) is 4.72. The summed E-state index contributed by atoms with van der Waals surface area (Å²) in [6.07, 6.45) is 2.36. The summed E-state index contributed by atoms with van der Waals surface area (Å²) in [5, 5.41) is 16.2. The van der Waals surface area contributed by atoms with Gasteiger partial charge in [-0.25, -0.2) is 4.39 Å². The molecule has 1 aromatic carbocycles. The van der Waals surface area contributed by atoms with Gasteiger partial charge in [0.25, 0.3) is 11.6 Å². The Kier molecular flexibility index (Phi) is 3.00. The first-order chi connectivity index (χ1) is 8.58. The van der Waals surface area contributed by atoms with E-state index < -0.39 is 22.2 Å². The van der Waals surface area contributed by atoms with Crippen molar-refractivity contribution in [2.24, 2.45) is 0 Å². The van der Waals surface area contributed by atoms with Crippen LogP contribution in [0.2, 0.25) is 0 Å². The Morgan fingerprint density at radius 2 is 2.28 bits per heavy atom. The lowest BCUT2D eigenvalue weighted by atomic mass is 10.1. The number of hydrogen-bond acceptors (Lipinski definition) is 5. The molecule has 2 aromatic rings. The van der Waals surface area contributed by atoms with E-state index in [1.165, 1.54) is 6.20 Å². The Morgan fingerprint density at radius 3 is 2.89 bits per heavy atom. The zero-order valence-corrected chi connectivity index (χ0v) is 8.79. The largest absolute Gasteiger partial charge is 0.363 e. The maximum atomic E-state index is 13.4. The van der Waals surface area contributed by atoms with Crippen molar-refractivity contribution < 1.29 is 18.6 Å². The third kappa shape index (κ3) is 2.32. The van der Waals surface area contributed by atoms with Gasteiger partial charge in [0, 0.05) is 12.1 Å². The Hall–Kier alpha value is -2.77. The first kappa shape index (κ1) is 11.7. The fraction of sp³-hybridized carbons (Fsp3) is 0. The minimum Gasteiger partial charge on any atom is -0.363 e. The number of aromatic nitrogens is 1. The van der Waals surface area contributed by atoms with Crippen LogP contribution in [-0.2, 0) is 0 Å². The fourth-order valence-electron chi connectivity index (χ4n) is 1.27. The van der Waals surface area contributed by atoms with Gasteiger partial charge in [0.1, 0.15) is 17.8 Å². The predicted octanol–water partition coefficient (Wildman–Crippen LogP) is 1.97. The highest BCUT2D eigenvalue weighted by molar-refractivity contribution is 6.04. The quantitative estimate of drug-likeness (QED) is 0.664. The summed E-state index contributed by atoms with van der Waals surface area (Å²) in [6, 6.07) is 2.70. The van der Waals surface area contributed by atoms with Gasteiger partial charge in [-0.05, 0) is 6.07 Å². The zero-order chi connectivity index (χ0) is 13.1. The normalized spacial score (nSPS) is 10.1. The van der Waals surface area contributed by atoms with Crippen molar-refractivity contribution in [1.82, 2.24) is 5.16 Å². The molecule has 7 nitrogen and oxygen atoms in total. The van der Waals surface area contributed by atoms with Crippen LogP contribution in [0.4, 0.5) is 15.8 Å². The number of carbonyl (C=O) groups excluding carboxylic acids is 1. The van der Waals surface area contributed by atoms with E-state index in [9.17, 15) is 19.3 Å². The molecule has 0 aliphatic rings. The Labute approximate surface area is 99.3 Å². The van der Waals surface area contributed by atoms with Gasteiger partial charge in [-0.3, -0.25) is 14.9 Å². The summed E-state index contributed by atoms with van der Waals surface area (Å²) < 4.78 is 17.9. The Morgan fingerprint density at radius 1 is 1.50 bits per heavy atom. The highest BCUT2D eigenvalue weighted by Crippen LogP contribution is 2.18. The van der Waals surface area contributed by atoms with Crippen molar-refractivity contribution >= 4 is 17.3 Å². The standard InChI is InChI=1S/C10H6FN3O4/c11-9-2-1-7(14(16)17)3-8(9)10(15)13-6-4-12-18-5-6/h1-5H,(H,13,15). The second-order valence-corrected chi connectivity index (χ2v) is 3.29. The maximum absolute atomic E-state index is 13.4. The van der Waals surface area contributed by atoms with Crippen molar-refractivity contribution in [2.75, 3.05) is 5.32 Å². The third-order valence-corrected chi connectivity index (χ3v) is 2.10. The van der Waals surface area contributed by atoms with Gasteiger partial charge in [0.2, 0.25) is 0 Å². The molecule has 1 N–H and O–H groups in total. The molecule has 8 heteroatoms. The highest BCUT2D eigenvalue weighted by atomic mass is 19.1. The van der Waals surface area contributed by atoms with Crippen LogP contribution < -0.4 is 5.32 Å². The van der Waals surface area contributed by atoms with Gasteiger partial charge in [-0.1, -0.05) is 5.16 Å².